The van der Waals surface area contributed by atoms with Gasteiger partial charge in [0.1, 0.15) is 15.9 Å². The molecule has 0 spiro atoms. The molecule has 102 valence electrons. The third-order valence-electron chi connectivity index (χ3n) is 3.21. The van der Waals surface area contributed by atoms with Crippen LogP contribution in [-0.2, 0) is 12.8 Å². The van der Waals surface area contributed by atoms with Crippen molar-refractivity contribution >= 4 is 29.2 Å². The Balaban J connectivity index is 1.99. The Morgan fingerprint density at radius 1 is 1.35 bits per heavy atom. The first-order valence-electron chi connectivity index (χ1n) is 6.30. The second-order valence-electron chi connectivity index (χ2n) is 4.63. The van der Waals surface area contributed by atoms with Gasteiger partial charge in [-0.2, -0.15) is 0 Å². The maximum atomic E-state index is 7.72. The first-order valence-corrected chi connectivity index (χ1v) is 7.49. The first-order chi connectivity index (χ1) is 9.63. The zero-order chi connectivity index (χ0) is 14.1. The van der Waals surface area contributed by atoms with Gasteiger partial charge in [-0.1, -0.05) is 11.6 Å². The Kier molecular flexibility index (Phi) is 3.63. The fraction of sp³-hybridized carbons (Fsp3) is 0.214. The van der Waals surface area contributed by atoms with Gasteiger partial charge in [0.25, 0.3) is 0 Å². The van der Waals surface area contributed by atoms with Crippen LogP contribution in [0.3, 0.4) is 0 Å². The van der Waals surface area contributed by atoms with Crippen molar-refractivity contribution in [3.05, 3.63) is 46.2 Å². The van der Waals surface area contributed by atoms with Gasteiger partial charge in [0.05, 0.1) is 5.02 Å². The molecule has 0 unspecified atom stereocenters. The summed E-state index contributed by atoms with van der Waals surface area (Å²) in [4.78, 5) is 8.91. The van der Waals surface area contributed by atoms with Gasteiger partial charge in [0, 0.05) is 17.5 Å². The van der Waals surface area contributed by atoms with E-state index in [1.165, 1.54) is 17.3 Å². The quantitative estimate of drug-likeness (QED) is 0.675. The van der Waals surface area contributed by atoms with Crippen LogP contribution in [0.25, 0.3) is 0 Å². The standard InChI is InChI=1S/C14H13ClN4S/c15-9-4-5-12(18-7-9)20-14-10(13(16)17)6-8-2-1-3-11(8)19-14/h4-7H,1-3H2,(H3,16,17). The second kappa shape index (κ2) is 5.42. The summed E-state index contributed by atoms with van der Waals surface area (Å²) < 4.78 is 0. The number of hydrogen-bond donors (Lipinski definition) is 2. The molecular formula is C14H13ClN4S. The van der Waals surface area contributed by atoms with E-state index in [-0.39, 0.29) is 5.84 Å². The molecule has 0 saturated carbocycles. The molecule has 0 saturated heterocycles. The molecule has 3 rings (SSSR count). The van der Waals surface area contributed by atoms with Gasteiger partial charge >= 0.3 is 0 Å². The molecule has 2 heterocycles. The van der Waals surface area contributed by atoms with Crippen molar-refractivity contribution in [2.24, 2.45) is 5.73 Å². The maximum absolute atomic E-state index is 7.72. The van der Waals surface area contributed by atoms with Crippen molar-refractivity contribution in [2.75, 3.05) is 0 Å². The van der Waals surface area contributed by atoms with Gasteiger partial charge < -0.3 is 5.73 Å². The number of nitrogen functional groups attached to an aromatic ring is 1. The highest BCUT2D eigenvalue weighted by Gasteiger charge is 2.18. The number of nitrogens with one attached hydrogen (secondary N) is 1. The molecule has 0 fully saturated rings. The van der Waals surface area contributed by atoms with Gasteiger partial charge in [0.15, 0.2) is 0 Å². The number of fused-ring (bicyclic) bond motifs is 1. The highest BCUT2D eigenvalue weighted by Crippen LogP contribution is 2.31. The third-order valence-corrected chi connectivity index (χ3v) is 4.39. The molecule has 0 aliphatic heterocycles. The Bertz CT molecular complexity index is 670. The molecule has 4 nitrogen and oxygen atoms in total. The van der Waals surface area contributed by atoms with Crippen LogP contribution < -0.4 is 5.73 Å². The summed E-state index contributed by atoms with van der Waals surface area (Å²) in [6, 6.07) is 5.62. The summed E-state index contributed by atoms with van der Waals surface area (Å²) in [5.41, 5.74) is 8.69. The van der Waals surface area contributed by atoms with E-state index in [2.05, 4.69) is 9.97 Å². The lowest BCUT2D eigenvalue weighted by molar-refractivity contribution is 0.891. The smallest absolute Gasteiger partial charge is 0.125 e. The number of halogens is 1. The molecule has 1 aliphatic rings. The van der Waals surface area contributed by atoms with E-state index >= 15 is 0 Å². The summed E-state index contributed by atoms with van der Waals surface area (Å²) in [5.74, 6) is 0.0451. The highest BCUT2D eigenvalue weighted by atomic mass is 35.5. The van der Waals surface area contributed by atoms with Gasteiger partial charge in [-0.25, -0.2) is 9.97 Å². The van der Waals surface area contributed by atoms with E-state index in [0.29, 0.717) is 10.6 Å². The molecule has 2 aromatic rings. The fourth-order valence-corrected chi connectivity index (χ4v) is 3.23. The van der Waals surface area contributed by atoms with Crippen LogP contribution in [0.2, 0.25) is 5.02 Å². The molecule has 0 aromatic carbocycles. The van der Waals surface area contributed by atoms with Crippen LogP contribution in [0.1, 0.15) is 23.2 Å². The zero-order valence-corrected chi connectivity index (χ0v) is 12.3. The number of pyridine rings is 2. The van der Waals surface area contributed by atoms with Crippen molar-refractivity contribution in [3.8, 4) is 0 Å². The van der Waals surface area contributed by atoms with Crippen molar-refractivity contribution in [2.45, 2.75) is 29.3 Å². The summed E-state index contributed by atoms with van der Waals surface area (Å²) >= 11 is 7.25. The number of aryl methyl sites for hydroxylation is 2. The number of nitrogens with two attached hydrogens (primary N) is 1. The van der Waals surface area contributed by atoms with Gasteiger partial charge in [-0.15, -0.1) is 0 Å². The molecule has 0 bridgehead atoms. The molecule has 3 N–H and O–H groups in total. The van der Waals surface area contributed by atoms with E-state index in [1.54, 1.807) is 12.3 Å². The SMILES string of the molecule is N=C(N)c1cc2c(nc1Sc1ccc(Cl)cn1)CCC2. The molecule has 0 amide bonds. The number of hydrogen-bond acceptors (Lipinski definition) is 4. The summed E-state index contributed by atoms with van der Waals surface area (Å²) in [6.07, 6.45) is 4.74. The van der Waals surface area contributed by atoms with Gasteiger partial charge in [0.2, 0.25) is 0 Å². The largest absolute Gasteiger partial charge is 0.384 e. The molecule has 0 radical (unpaired) electrons. The molecule has 1 aliphatic carbocycles. The Morgan fingerprint density at radius 2 is 2.20 bits per heavy atom. The van der Waals surface area contributed by atoms with E-state index in [0.717, 1.165) is 35.0 Å². The average Bonchev–Trinajstić information content (AvgIpc) is 2.87. The number of nitrogens with zero attached hydrogens (tertiary/aromatic N) is 2. The van der Waals surface area contributed by atoms with Crippen molar-refractivity contribution in [1.29, 1.82) is 5.41 Å². The number of amidine groups is 1. The summed E-state index contributed by atoms with van der Waals surface area (Å²) in [6.45, 7) is 0. The van der Waals surface area contributed by atoms with Gasteiger partial charge in [-0.3, -0.25) is 5.41 Å². The van der Waals surface area contributed by atoms with E-state index in [1.807, 2.05) is 12.1 Å². The van der Waals surface area contributed by atoms with E-state index in [9.17, 15) is 0 Å². The van der Waals surface area contributed by atoms with Crippen molar-refractivity contribution < 1.29 is 0 Å². The minimum absolute atomic E-state index is 0.0451. The van der Waals surface area contributed by atoms with E-state index in [4.69, 9.17) is 22.7 Å². The normalized spacial score (nSPS) is 13.2. The average molecular weight is 305 g/mol. The minimum atomic E-state index is 0.0451. The van der Waals surface area contributed by atoms with Crippen LogP contribution in [0.5, 0.6) is 0 Å². The molecular weight excluding hydrogens is 292 g/mol. The van der Waals surface area contributed by atoms with Crippen LogP contribution in [0.15, 0.2) is 34.4 Å². The van der Waals surface area contributed by atoms with Crippen LogP contribution in [0, 0.1) is 5.41 Å². The fourth-order valence-electron chi connectivity index (χ4n) is 2.25. The first kappa shape index (κ1) is 13.4. The molecule has 0 atom stereocenters. The summed E-state index contributed by atoms with van der Waals surface area (Å²) in [5, 5.41) is 9.86. The monoisotopic (exact) mass is 304 g/mol. The predicted octanol–water partition coefficient (Wildman–Crippen LogP) is 3.05. The maximum Gasteiger partial charge on any atom is 0.125 e. The lowest BCUT2D eigenvalue weighted by atomic mass is 10.1. The second-order valence-corrected chi connectivity index (χ2v) is 6.08. The Labute approximate surface area is 126 Å². The number of aromatic nitrogens is 2. The Hall–Kier alpha value is -1.59. The van der Waals surface area contributed by atoms with Crippen LogP contribution in [-0.4, -0.2) is 15.8 Å². The third kappa shape index (κ3) is 2.64. The van der Waals surface area contributed by atoms with Gasteiger partial charge in [-0.05, 0) is 54.8 Å². The Morgan fingerprint density at radius 3 is 2.90 bits per heavy atom. The minimum Gasteiger partial charge on any atom is -0.384 e. The van der Waals surface area contributed by atoms with E-state index < -0.39 is 0 Å². The molecule has 20 heavy (non-hydrogen) atoms. The lowest BCUT2D eigenvalue weighted by Crippen LogP contribution is -2.14. The van der Waals surface area contributed by atoms with Crippen molar-refractivity contribution in [1.82, 2.24) is 9.97 Å². The van der Waals surface area contributed by atoms with Crippen LogP contribution in [0.4, 0.5) is 0 Å². The highest BCUT2D eigenvalue weighted by molar-refractivity contribution is 7.99. The lowest BCUT2D eigenvalue weighted by Gasteiger charge is -2.09. The topological polar surface area (TPSA) is 75.7 Å². The van der Waals surface area contributed by atoms with Crippen molar-refractivity contribution in [3.63, 3.8) is 0 Å². The molecule has 2 aromatic heterocycles. The predicted molar refractivity (Wildman–Crippen MR) is 80.6 cm³/mol. The summed E-state index contributed by atoms with van der Waals surface area (Å²) in [7, 11) is 0. The zero-order valence-electron chi connectivity index (χ0n) is 10.7. The van der Waals surface area contributed by atoms with Crippen LogP contribution >= 0.6 is 23.4 Å². The molecule has 6 heteroatoms. The number of rotatable bonds is 3.